The van der Waals surface area contributed by atoms with Gasteiger partial charge in [0.2, 0.25) is 0 Å². The number of rotatable bonds is 7. The Morgan fingerprint density at radius 3 is 2.44 bits per heavy atom. The lowest BCUT2D eigenvalue weighted by Crippen LogP contribution is -2.48. The molecule has 0 aliphatic carbocycles. The Kier molecular flexibility index (Phi) is 6.96. The normalized spacial score (nSPS) is 18.5. The molecule has 1 rings (SSSR count). The maximum absolute atomic E-state index is 12.5. The SMILES string of the molecule is CCCOCCN(CC(F)(F)F)C1CCNCC1. The number of halogens is 3. The highest BCUT2D eigenvalue weighted by Gasteiger charge is 2.34. The van der Waals surface area contributed by atoms with E-state index in [1.165, 1.54) is 4.90 Å². The highest BCUT2D eigenvalue weighted by Crippen LogP contribution is 2.20. The molecule has 6 heteroatoms. The molecule has 18 heavy (non-hydrogen) atoms. The molecule has 1 fully saturated rings. The maximum Gasteiger partial charge on any atom is 0.401 e. The molecule has 0 unspecified atom stereocenters. The van der Waals surface area contributed by atoms with Gasteiger partial charge in [-0.3, -0.25) is 4.90 Å². The van der Waals surface area contributed by atoms with E-state index in [9.17, 15) is 13.2 Å². The fraction of sp³-hybridized carbons (Fsp3) is 1.00. The number of ether oxygens (including phenoxy) is 1. The molecule has 0 radical (unpaired) electrons. The van der Waals surface area contributed by atoms with Crippen molar-refractivity contribution in [2.75, 3.05) is 39.4 Å². The molecule has 1 saturated heterocycles. The molecular formula is C12H23F3N2O. The van der Waals surface area contributed by atoms with Crippen molar-refractivity contribution in [2.45, 2.75) is 38.4 Å². The molecule has 1 heterocycles. The second kappa shape index (κ2) is 7.96. The maximum atomic E-state index is 12.5. The van der Waals surface area contributed by atoms with Crippen LogP contribution in [0.2, 0.25) is 0 Å². The minimum atomic E-state index is -4.13. The zero-order valence-corrected chi connectivity index (χ0v) is 10.9. The van der Waals surface area contributed by atoms with Crippen LogP contribution in [-0.4, -0.2) is 56.5 Å². The largest absolute Gasteiger partial charge is 0.401 e. The van der Waals surface area contributed by atoms with Gasteiger partial charge < -0.3 is 10.1 Å². The molecule has 0 aromatic heterocycles. The number of nitrogens with zero attached hydrogens (tertiary/aromatic N) is 1. The molecule has 0 atom stereocenters. The smallest absolute Gasteiger partial charge is 0.380 e. The number of nitrogens with one attached hydrogen (secondary N) is 1. The van der Waals surface area contributed by atoms with Crippen molar-refractivity contribution >= 4 is 0 Å². The Bertz CT molecular complexity index is 218. The van der Waals surface area contributed by atoms with E-state index in [4.69, 9.17) is 4.74 Å². The number of alkyl halides is 3. The molecule has 3 nitrogen and oxygen atoms in total. The van der Waals surface area contributed by atoms with Crippen molar-refractivity contribution in [3.05, 3.63) is 0 Å². The molecule has 0 saturated carbocycles. The summed E-state index contributed by atoms with van der Waals surface area (Å²) in [6.45, 7) is 4.13. The predicted octanol–water partition coefficient (Wildman–Crippen LogP) is 2.03. The number of piperidine rings is 1. The number of hydrogen-bond donors (Lipinski definition) is 1. The van der Waals surface area contributed by atoms with Gasteiger partial charge in [-0.25, -0.2) is 0 Å². The van der Waals surface area contributed by atoms with Gasteiger partial charge in [-0.05, 0) is 32.4 Å². The van der Waals surface area contributed by atoms with Gasteiger partial charge in [0.15, 0.2) is 0 Å². The first-order valence-electron chi connectivity index (χ1n) is 6.62. The van der Waals surface area contributed by atoms with Crippen LogP contribution in [0.3, 0.4) is 0 Å². The third kappa shape index (κ3) is 6.56. The molecule has 1 aliphatic rings. The van der Waals surface area contributed by atoms with Gasteiger partial charge in [-0.1, -0.05) is 6.92 Å². The summed E-state index contributed by atoms with van der Waals surface area (Å²) >= 11 is 0. The minimum absolute atomic E-state index is 0.0260. The molecule has 0 aromatic carbocycles. The molecule has 1 aliphatic heterocycles. The minimum Gasteiger partial charge on any atom is -0.380 e. The average molecular weight is 268 g/mol. The Morgan fingerprint density at radius 2 is 1.89 bits per heavy atom. The molecule has 108 valence electrons. The van der Waals surface area contributed by atoms with E-state index >= 15 is 0 Å². The third-order valence-electron chi connectivity index (χ3n) is 3.08. The average Bonchev–Trinajstić information content (AvgIpc) is 2.33. The van der Waals surface area contributed by atoms with E-state index in [1.54, 1.807) is 0 Å². The lowest BCUT2D eigenvalue weighted by Gasteiger charge is -2.35. The standard InChI is InChI=1S/C12H23F3N2O/c1-2-8-18-9-7-17(10-12(13,14)15)11-3-5-16-6-4-11/h11,16H,2-10H2,1H3. The summed E-state index contributed by atoms with van der Waals surface area (Å²) in [6.07, 6.45) is -1.67. The monoisotopic (exact) mass is 268 g/mol. The highest BCUT2D eigenvalue weighted by atomic mass is 19.4. The van der Waals surface area contributed by atoms with Crippen LogP contribution in [0.1, 0.15) is 26.2 Å². The lowest BCUT2D eigenvalue weighted by atomic mass is 10.0. The molecule has 1 N–H and O–H groups in total. The summed E-state index contributed by atoms with van der Waals surface area (Å²) < 4.78 is 42.9. The van der Waals surface area contributed by atoms with Crippen LogP contribution >= 0.6 is 0 Å². The van der Waals surface area contributed by atoms with Gasteiger partial charge in [0.25, 0.3) is 0 Å². The fourth-order valence-electron chi connectivity index (χ4n) is 2.22. The van der Waals surface area contributed by atoms with Crippen LogP contribution in [0, 0.1) is 0 Å². The Hall–Kier alpha value is -0.330. The quantitative estimate of drug-likeness (QED) is 0.715. The highest BCUT2D eigenvalue weighted by molar-refractivity contribution is 4.79. The van der Waals surface area contributed by atoms with Crippen molar-refractivity contribution in [2.24, 2.45) is 0 Å². The summed E-state index contributed by atoms with van der Waals surface area (Å²) in [4.78, 5) is 1.52. The van der Waals surface area contributed by atoms with Crippen molar-refractivity contribution < 1.29 is 17.9 Å². The fourth-order valence-corrected chi connectivity index (χ4v) is 2.22. The Morgan fingerprint density at radius 1 is 1.22 bits per heavy atom. The summed E-state index contributed by atoms with van der Waals surface area (Å²) in [5, 5.41) is 3.17. The van der Waals surface area contributed by atoms with Crippen LogP contribution in [0.5, 0.6) is 0 Å². The van der Waals surface area contributed by atoms with Gasteiger partial charge in [-0.2, -0.15) is 13.2 Å². The summed E-state index contributed by atoms with van der Waals surface area (Å²) in [5.41, 5.74) is 0. The summed E-state index contributed by atoms with van der Waals surface area (Å²) in [6, 6.07) is 0.0260. The number of hydrogen-bond acceptors (Lipinski definition) is 3. The van der Waals surface area contributed by atoms with E-state index < -0.39 is 12.7 Å². The molecule has 0 amide bonds. The van der Waals surface area contributed by atoms with E-state index in [2.05, 4.69) is 5.32 Å². The first kappa shape index (κ1) is 15.7. The zero-order valence-electron chi connectivity index (χ0n) is 10.9. The Labute approximate surface area is 107 Å². The van der Waals surface area contributed by atoms with Crippen LogP contribution in [0.15, 0.2) is 0 Å². The molecule has 0 spiro atoms. The van der Waals surface area contributed by atoms with Crippen LogP contribution in [0.25, 0.3) is 0 Å². The lowest BCUT2D eigenvalue weighted by molar-refractivity contribution is -0.153. The second-order valence-electron chi connectivity index (χ2n) is 4.68. The molecule has 0 bridgehead atoms. The van der Waals surface area contributed by atoms with Gasteiger partial charge in [0.1, 0.15) is 0 Å². The van der Waals surface area contributed by atoms with Crippen molar-refractivity contribution in [1.82, 2.24) is 10.2 Å². The Balaban J connectivity index is 2.40. The van der Waals surface area contributed by atoms with E-state index in [-0.39, 0.29) is 6.04 Å². The molecular weight excluding hydrogens is 245 g/mol. The van der Waals surface area contributed by atoms with Crippen molar-refractivity contribution in [3.63, 3.8) is 0 Å². The van der Waals surface area contributed by atoms with Crippen LogP contribution in [0.4, 0.5) is 13.2 Å². The summed E-state index contributed by atoms with van der Waals surface area (Å²) in [7, 11) is 0. The van der Waals surface area contributed by atoms with E-state index in [0.29, 0.717) is 19.8 Å². The third-order valence-corrected chi connectivity index (χ3v) is 3.08. The van der Waals surface area contributed by atoms with Crippen molar-refractivity contribution in [1.29, 1.82) is 0 Å². The summed E-state index contributed by atoms with van der Waals surface area (Å²) in [5.74, 6) is 0. The van der Waals surface area contributed by atoms with Gasteiger partial charge in [0, 0.05) is 19.2 Å². The van der Waals surface area contributed by atoms with Crippen LogP contribution in [-0.2, 0) is 4.74 Å². The zero-order chi connectivity index (χ0) is 13.4. The predicted molar refractivity (Wildman–Crippen MR) is 64.6 cm³/mol. The first-order chi connectivity index (χ1) is 8.53. The van der Waals surface area contributed by atoms with Gasteiger partial charge >= 0.3 is 6.18 Å². The van der Waals surface area contributed by atoms with E-state index in [1.807, 2.05) is 6.92 Å². The van der Waals surface area contributed by atoms with E-state index in [0.717, 1.165) is 32.4 Å². The van der Waals surface area contributed by atoms with Crippen LogP contribution < -0.4 is 5.32 Å². The molecule has 0 aromatic rings. The van der Waals surface area contributed by atoms with Crippen molar-refractivity contribution in [3.8, 4) is 0 Å². The first-order valence-corrected chi connectivity index (χ1v) is 6.62. The van der Waals surface area contributed by atoms with Gasteiger partial charge in [0.05, 0.1) is 13.2 Å². The van der Waals surface area contributed by atoms with Gasteiger partial charge in [-0.15, -0.1) is 0 Å². The topological polar surface area (TPSA) is 24.5 Å². The second-order valence-corrected chi connectivity index (χ2v) is 4.68.